The van der Waals surface area contributed by atoms with E-state index in [4.69, 9.17) is 40.9 Å². The Kier molecular flexibility index (Phi) is 8.35. The fourth-order valence-corrected chi connectivity index (χ4v) is 7.31. The van der Waals surface area contributed by atoms with Crippen LogP contribution in [0.1, 0.15) is 82.3 Å². The second-order valence-corrected chi connectivity index (χ2v) is 13.4. The maximum absolute atomic E-state index is 11.7. The van der Waals surface area contributed by atoms with E-state index >= 15 is 0 Å². The number of H-pyrrole nitrogens is 1. The van der Waals surface area contributed by atoms with E-state index in [-0.39, 0.29) is 17.4 Å². The van der Waals surface area contributed by atoms with Gasteiger partial charge in [0.2, 0.25) is 0 Å². The zero-order chi connectivity index (χ0) is 32.0. The number of rotatable bonds is 8. The molecule has 6 heterocycles. The lowest BCUT2D eigenvalue weighted by atomic mass is 10.1. The van der Waals surface area contributed by atoms with Crippen molar-refractivity contribution in [3.8, 4) is 0 Å². The third-order valence-corrected chi connectivity index (χ3v) is 9.34. The van der Waals surface area contributed by atoms with Crippen LogP contribution >= 0.6 is 11.8 Å². The Morgan fingerprint density at radius 2 is 1.47 bits per heavy atom. The minimum atomic E-state index is -0.853. The molecular formula is C30H40N10O4S. The Morgan fingerprint density at radius 1 is 0.889 bits per heavy atom. The maximum Gasteiger partial charge on any atom is 0.406 e. The third-order valence-electron chi connectivity index (χ3n) is 8.33. The number of hydrogen-bond donors (Lipinski definition) is 5. The van der Waals surface area contributed by atoms with Crippen LogP contribution in [0.4, 0.5) is 9.59 Å². The molecule has 0 aromatic carbocycles. The summed E-state index contributed by atoms with van der Waals surface area (Å²) in [7, 11) is 0. The molecule has 4 atom stereocenters. The van der Waals surface area contributed by atoms with Gasteiger partial charge in [-0.1, -0.05) is 13.8 Å². The molecule has 4 aromatic rings. The highest BCUT2D eigenvalue weighted by atomic mass is 32.2. The largest absolute Gasteiger partial charge is 0.430 e. The van der Waals surface area contributed by atoms with Gasteiger partial charge < -0.3 is 30.5 Å². The van der Waals surface area contributed by atoms with Gasteiger partial charge in [0, 0.05) is 16.9 Å². The lowest BCUT2D eigenvalue weighted by Gasteiger charge is -2.25. The van der Waals surface area contributed by atoms with E-state index in [0.717, 1.165) is 50.7 Å². The normalized spacial score (nSPS) is 22.0. The number of primary amides is 2. The van der Waals surface area contributed by atoms with Gasteiger partial charge in [0.15, 0.2) is 12.5 Å². The number of carbonyl (C=O) groups is 2. The van der Waals surface area contributed by atoms with Crippen LogP contribution in [0, 0.1) is 0 Å². The summed E-state index contributed by atoms with van der Waals surface area (Å²) in [5, 5.41) is 9.63. The number of fused-ring (bicyclic) bond motifs is 2. The summed E-state index contributed by atoms with van der Waals surface area (Å²) in [6.45, 7) is 11.9. The Balaban J connectivity index is 1.52. The number of hydrogen-bond acceptors (Lipinski definition) is 11. The second-order valence-electron chi connectivity index (χ2n) is 12.4. The minimum absolute atomic E-state index is 0.255. The quantitative estimate of drug-likeness (QED) is 0.176. The molecule has 2 aliphatic heterocycles. The molecule has 240 valence electrons. The van der Waals surface area contributed by atoms with Crippen LogP contribution in [-0.2, 0) is 27.9 Å². The molecule has 0 saturated carbocycles. The van der Waals surface area contributed by atoms with Crippen molar-refractivity contribution in [1.29, 1.82) is 0 Å². The zero-order valence-corrected chi connectivity index (χ0v) is 27.0. The number of carbonyl (C=O) groups excluding carboxylic acids is 2. The van der Waals surface area contributed by atoms with E-state index in [9.17, 15) is 9.59 Å². The number of nitrogens with one attached hydrogen (secondary N) is 3. The number of nitrogens with two attached hydrogens (primary N) is 2. The molecule has 0 bridgehead atoms. The van der Waals surface area contributed by atoms with Crippen LogP contribution in [0.5, 0.6) is 0 Å². The Bertz CT molecular complexity index is 1760. The van der Waals surface area contributed by atoms with E-state index in [1.54, 1.807) is 0 Å². The van der Waals surface area contributed by atoms with Crippen molar-refractivity contribution in [3.05, 3.63) is 35.2 Å². The van der Waals surface area contributed by atoms with Gasteiger partial charge in [-0.2, -0.15) is 0 Å². The molecule has 3 unspecified atom stereocenters. The average Bonchev–Trinajstić information content (AvgIpc) is 3.76. The first-order valence-corrected chi connectivity index (χ1v) is 16.2. The van der Waals surface area contributed by atoms with Gasteiger partial charge >= 0.3 is 12.2 Å². The molecule has 45 heavy (non-hydrogen) atoms. The number of aryl methyl sites for hydroxylation is 2. The molecule has 2 aliphatic rings. The first-order chi connectivity index (χ1) is 21.5. The van der Waals surface area contributed by atoms with Crippen molar-refractivity contribution >= 4 is 46.0 Å². The summed E-state index contributed by atoms with van der Waals surface area (Å²) < 4.78 is 13.0. The van der Waals surface area contributed by atoms with Gasteiger partial charge in [-0.3, -0.25) is 10.6 Å². The lowest BCUT2D eigenvalue weighted by Crippen LogP contribution is -2.34. The van der Waals surface area contributed by atoms with Crippen LogP contribution in [0.15, 0.2) is 22.2 Å². The molecule has 7 N–H and O–H groups in total. The molecule has 0 aliphatic carbocycles. The third kappa shape index (κ3) is 6.03. The predicted molar refractivity (Wildman–Crippen MR) is 169 cm³/mol. The number of aromatic nitrogens is 6. The first kappa shape index (κ1) is 31.0. The van der Waals surface area contributed by atoms with Crippen molar-refractivity contribution < 1.29 is 19.1 Å². The van der Waals surface area contributed by atoms with E-state index in [1.807, 2.05) is 0 Å². The van der Waals surface area contributed by atoms with Crippen molar-refractivity contribution in [1.82, 2.24) is 40.1 Å². The van der Waals surface area contributed by atoms with Gasteiger partial charge in [0.25, 0.3) is 0 Å². The summed E-state index contributed by atoms with van der Waals surface area (Å²) in [5.74, 6) is 0.551. The van der Waals surface area contributed by atoms with Crippen LogP contribution in [0.25, 0.3) is 22.1 Å². The van der Waals surface area contributed by atoms with Gasteiger partial charge in [-0.15, -0.1) is 0 Å². The van der Waals surface area contributed by atoms with Crippen LogP contribution in [0.2, 0.25) is 0 Å². The average molecular weight is 637 g/mol. The Hall–Kier alpha value is -3.95. The minimum Gasteiger partial charge on any atom is -0.430 e. The van der Waals surface area contributed by atoms with E-state index in [1.165, 1.54) is 11.8 Å². The number of nitrogens with zero attached hydrogens (tertiary/aromatic N) is 5. The summed E-state index contributed by atoms with van der Waals surface area (Å²) >= 11 is 1.45. The Morgan fingerprint density at radius 3 is 2.00 bits per heavy atom. The van der Waals surface area contributed by atoms with Gasteiger partial charge in [0.1, 0.15) is 33.0 Å². The molecule has 0 spiro atoms. The fourth-order valence-electron chi connectivity index (χ4n) is 6.32. The van der Waals surface area contributed by atoms with Gasteiger partial charge in [-0.25, -0.2) is 29.5 Å². The topological polar surface area (TPSA) is 201 Å². The summed E-state index contributed by atoms with van der Waals surface area (Å²) in [4.78, 5) is 46.9. The van der Waals surface area contributed by atoms with E-state index in [2.05, 4.69) is 66.9 Å². The van der Waals surface area contributed by atoms with E-state index in [0.29, 0.717) is 43.2 Å². The van der Waals surface area contributed by atoms with Crippen molar-refractivity contribution in [3.63, 3.8) is 0 Å². The maximum atomic E-state index is 11.7. The smallest absolute Gasteiger partial charge is 0.406 e. The highest BCUT2D eigenvalue weighted by Gasteiger charge is 2.36. The molecule has 6 rings (SSSR count). The highest BCUT2D eigenvalue weighted by molar-refractivity contribution is 7.99. The standard InChI is InChI=1S/C30H40N10O4S/c1-6-14-12-18-22(35-14)36-20(16-8-10-33-24(16)43-28(31)41)38-26(18)45-27-19-13-15(7-2)40(30(3,4)5)23(19)37-21(39-27)17-9-11-34-25(17)44-29(32)42/h12-13,16-17,24-25,33-34H,6-11H2,1-5H3,(H2,31,41)(H2,32,42)(H,35,36,38)/t16?,17-,24?,25?/m1/s1. The van der Waals surface area contributed by atoms with Gasteiger partial charge in [-0.05, 0) is 83.4 Å². The van der Waals surface area contributed by atoms with E-state index < -0.39 is 24.6 Å². The lowest BCUT2D eigenvalue weighted by molar-refractivity contribution is 0.0855. The number of ether oxygens (including phenoxy) is 2. The SMILES string of the molecule is CCc1cc2c(Sc3nc([C@H]4CCNC4OC(N)=O)nc4c3cc(CC)n4C(C)(C)C)nc(C3CCNC3OC(N)=O)nc2[nH]1. The Labute approximate surface area is 264 Å². The van der Waals surface area contributed by atoms with Crippen LogP contribution in [0.3, 0.4) is 0 Å². The number of amides is 2. The molecular weight excluding hydrogens is 596 g/mol. The second kappa shape index (κ2) is 12.1. The first-order valence-electron chi connectivity index (χ1n) is 15.4. The zero-order valence-electron chi connectivity index (χ0n) is 26.1. The summed E-state index contributed by atoms with van der Waals surface area (Å²) in [6, 6.07) is 4.23. The molecule has 2 saturated heterocycles. The van der Waals surface area contributed by atoms with Gasteiger partial charge in [0.05, 0.1) is 22.6 Å². The predicted octanol–water partition coefficient (Wildman–Crippen LogP) is 3.73. The molecule has 14 nitrogen and oxygen atoms in total. The molecule has 0 radical (unpaired) electrons. The molecule has 2 fully saturated rings. The van der Waals surface area contributed by atoms with Crippen LogP contribution < -0.4 is 22.1 Å². The van der Waals surface area contributed by atoms with Crippen molar-refractivity contribution in [2.75, 3.05) is 13.1 Å². The molecule has 2 amide bonds. The number of aromatic amines is 1. The molecule has 15 heteroatoms. The van der Waals surface area contributed by atoms with Crippen molar-refractivity contribution in [2.45, 2.75) is 100 Å². The van der Waals surface area contributed by atoms with Crippen molar-refractivity contribution in [2.24, 2.45) is 11.5 Å². The summed E-state index contributed by atoms with van der Waals surface area (Å²) in [6.07, 6.45) is 0.00150. The van der Waals surface area contributed by atoms with Crippen LogP contribution in [-0.4, -0.2) is 67.2 Å². The summed E-state index contributed by atoms with van der Waals surface area (Å²) in [5.41, 5.74) is 14.2. The highest BCUT2D eigenvalue weighted by Crippen LogP contribution is 2.40. The fraction of sp³-hybridized carbons (Fsp3) is 0.533. The monoisotopic (exact) mass is 636 g/mol. The molecule has 4 aromatic heterocycles.